The summed E-state index contributed by atoms with van der Waals surface area (Å²) in [5.74, 6) is 0. The monoisotopic (exact) mass is 269 g/mol. The molecule has 0 aliphatic heterocycles. The van der Waals surface area contributed by atoms with Gasteiger partial charge >= 0.3 is 0 Å². The number of aromatic nitrogens is 1. The molecule has 0 bridgehead atoms. The van der Waals surface area contributed by atoms with E-state index in [4.69, 9.17) is 46.4 Å². The van der Waals surface area contributed by atoms with Crippen molar-refractivity contribution in [2.75, 3.05) is 0 Å². The van der Waals surface area contributed by atoms with Gasteiger partial charge in [-0.1, -0.05) is 59.0 Å². The van der Waals surface area contributed by atoms with Crippen molar-refractivity contribution in [1.29, 1.82) is 0 Å². The topological polar surface area (TPSA) is 12.9 Å². The molecule has 0 spiro atoms. The molecule has 1 rings (SSSR count). The molecular weight excluding hydrogens is 264 g/mol. The molecule has 0 aromatic carbocycles. The van der Waals surface area contributed by atoms with Crippen molar-refractivity contribution in [3.8, 4) is 0 Å². The van der Waals surface area contributed by atoms with Gasteiger partial charge < -0.3 is 0 Å². The van der Waals surface area contributed by atoms with E-state index in [1.165, 1.54) is 0 Å². The number of allylic oxidation sites excluding steroid dienone is 1. The van der Waals surface area contributed by atoms with E-state index in [9.17, 15) is 0 Å². The van der Waals surface area contributed by atoms with E-state index in [2.05, 4.69) is 11.6 Å². The van der Waals surface area contributed by atoms with Gasteiger partial charge in [0.25, 0.3) is 0 Å². The van der Waals surface area contributed by atoms with Gasteiger partial charge in [0.05, 0.1) is 5.69 Å². The summed E-state index contributed by atoms with van der Waals surface area (Å²) < 4.78 is -1.35. The Morgan fingerprint density at radius 1 is 1.36 bits per heavy atom. The van der Waals surface area contributed by atoms with Gasteiger partial charge in [0.15, 0.2) is 3.79 Å². The lowest BCUT2D eigenvalue weighted by molar-refractivity contribution is 1.08. The molecule has 0 aliphatic carbocycles. The third-order valence-electron chi connectivity index (χ3n) is 1.49. The Bertz CT molecular complexity index is 343. The van der Waals surface area contributed by atoms with Crippen LogP contribution in [0.2, 0.25) is 5.15 Å². The number of alkyl halides is 3. The third kappa shape index (κ3) is 4.05. The number of pyridine rings is 1. The highest BCUT2D eigenvalue weighted by Gasteiger charge is 2.21. The summed E-state index contributed by atoms with van der Waals surface area (Å²) in [5, 5.41) is 0.396. The number of hydrogen-bond donors (Lipinski definition) is 0. The van der Waals surface area contributed by atoms with E-state index in [-0.39, 0.29) is 6.42 Å². The van der Waals surface area contributed by atoms with Crippen LogP contribution in [0.4, 0.5) is 0 Å². The van der Waals surface area contributed by atoms with Crippen LogP contribution in [-0.2, 0) is 0 Å². The largest absolute Gasteiger partial charge is 0.236 e. The Kier molecular flexibility index (Phi) is 4.08. The normalized spacial score (nSPS) is 11.4. The van der Waals surface area contributed by atoms with Gasteiger partial charge in [-0.3, -0.25) is 0 Å². The van der Waals surface area contributed by atoms with Gasteiger partial charge in [0.2, 0.25) is 0 Å². The van der Waals surface area contributed by atoms with Crippen molar-refractivity contribution in [3.05, 3.63) is 35.6 Å². The SMILES string of the molecule is C=C(CC(Cl)(Cl)Cl)c1cccc(Cl)n1. The maximum Gasteiger partial charge on any atom is 0.194 e. The molecule has 0 aliphatic rings. The molecule has 0 amide bonds. The molecule has 76 valence electrons. The highest BCUT2D eigenvalue weighted by atomic mass is 35.6. The minimum absolute atomic E-state index is 0.227. The van der Waals surface area contributed by atoms with Gasteiger partial charge in [0.1, 0.15) is 5.15 Å². The minimum atomic E-state index is -1.35. The quantitative estimate of drug-likeness (QED) is 0.569. The summed E-state index contributed by atoms with van der Waals surface area (Å²) in [5.41, 5.74) is 1.29. The second-order valence-corrected chi connectivity index (χ2v) is 5.64. The molecule has 14 heavy (non-hydrogen) atoms. The summed E-state index contributed by atoms with van der Waals surface area (Å²) >= 11 is 22.6. The molecule has 0 fully saturated rings. The molecule has 1 heterocycles. The molecule has 1 aromatic rings. The van der Waals surface area contributed by atoms with Gasteiger partial charge in [0, 0.05) is 6.42 Å². The fraction of sp³-hybridized carbons (Fsp3) is 0.222. The Morgan fingerprint density at radius 3 is 2.50 bits per heavy atom. The van der Waals surface area contributed by atoms with Gasteiger partial charge in [-0.15, -0.1) is 0 Å². The van der Waals surface area contributed by atoms with E-state index in [1.807, 2.05) is 0 Å². The van der Waals surface area contributed by atoms with Crippen LogP contribution in [0.3, 0.4) is 0 Å². The van der Waals surface area contributed by atoms with Crippen molar-refractivity contribution >= 4 is 52.0 Å². The Morgan fingerprint density at radius 2 is 2.00 bits per heavy atom. The van der Waals surface area contributed by atoms with Crippen LogP contribution in [0.1, 0.15) is 12.1 Å². The number of nitrogens with zero attached hydrogens (tertiary/aromatic N) is 1. The molecule has 0 radical (unpaired) electrons. The van der Waals surface area contributed by atoms with Crippen molar-refractivity contribution in [2.24, 2.45) is 0 Å². The smallest absolute Gasteiger partial charge is 0.194 e. The fourth-order valence-electron chi connectivity index (χ4n) is 0.938. The van der Waals surface area contributed by atoms with Gasteiger partial charge in [-0.05, 0) is 17.7 Å². The maximum atomic E-state index is 5.71. The summed E-state index contributed by atoms with van der Waals surface area (Å²) in [7, 11) is 0. The van der Waals surface area contributed by atoms with Gasteiger partial charge in [-0.2, -0.15) is 0 Å². The van der Waals surface area contributed by atoms with Gasteiger partial charge in [-0.25, -0.2) is 4.98 Å². The summed E-state index contributed by atoms with van der Waals surface area (Å²) in [6.07, 6.45) is 0.227. The van der Waals surface area contributed by atoms with Crippen molar-refractivity contribution < 1.29 is 0 Å². The van der Waals surface area contributed by atoms with E-state index in [1.54, 1.807) is 18.2 Å². The van der Waals surface area contributed by atoms with Crippen molar-refractivity contribution in [1.82, 2.24) is 4.98 Å². The fourth-order valence-corrected chi connectivity index (χ4v) is 1.59. The second-order valence-electron chi connectivity index (χ2n) is 2.74. The summed E-state index contributed by atoms with van der Waals surface area (Å²) in [6, 6.07) is 5.21. The van der Waals surface area contributed by atoms with Crippen LogP contribution in [0.15, 0.2) is 24.8 Å². The molecule has 0 unspecified atom stereocenters. The predicted octanol–water partition coefficient (Wildman–Crippen LogP) is 4.51. The maximum absolute atomic E-state index is 5.71. The summed E-state index contributed by atoms with van der Waals surface area (Å²) in [6.45, 7) is 3.78. The number of rotatable bonds is 2. The number of hydrogen-bond acceptors (Lipinski definition) is 1. The highest BCUT2D eigenvalue weighted by molar-refractivity contribution is 6.67. The van der Waals surface area contributed by atoms with Crippen LogP contribution in [0, 0.1) is 0 Å². The Balaban J connectivity index is 2.80. The lowest BCUT2D eigenvalue weighted by Crippen LogP contribution is -2.03. The lowest BCUT2D eigenvalue weighted by atomic mass is 10.1. The average Bonchev–Trinajstić information content (AvgIpc) is 2.01. The van der Waals surface area contributed by atoms with Crippen LogP contribution in [-0.4, -0.2) is 8.78 Å². The zero-order chi connectivity index (χ0) is 10.8. The zero-order valence-corrected chi connectivity index (χ0v) is 10.1. The molecule has 1 aromatic heterocycles. The molecular formula is C9H7Cl4N. The van der Waals surface area contributed by atoms with E-state index >= 15 is 0 Å². The van der Waals surface area contributed by atoms with Crippen LogP contribution < -0.4 is 0 Å². The summed E-state index contributed by atoms with van der Waals surface area (Å²) in [4.78, 5) is 4.05. The van der Waals surface area contributed by atoms with Crippen LogP contribution in [0.5, 0.6) is 0 Å². The highest BCUT2D eigenvalue weighted by Crippen LogP contribution is 2.35. The molecule has 0 N–H and O–H groups in total. The van der Waals surface area contributed by atoms with Crippen LogP contribution >= 0.6 is 46.4 Å². The van der Waals surface area contributed by atoms with E-state index in [0.717, 1.165) is 0 Å². The van der Waals surface area contributed by atoms with Crippen molar-refractivity contribution in [2.45, 2.75) is 10.2 Å². The van der Waals surface area contributed by atoms with Crippen molar-refractivity contribution in [3.63, 3.8) is 0 Å². The molecule has 5 heteroatoms. The Hall–Kier alpha value is 0.0500. The molecule has 0 saturated carbocycles. The first-order valence-electron chi connectivity index (χ1n) is 3.76. The average molecular weight is 271 g/mol. The van der Waals surface area contributed by atoms with E-state index in [0.29, 0.717) is 16.4 Å². The van der Waals surface area contributed by atoms with E-state index < -0.39 is 3.79 Å². The standard InChI is InChI=1S/C9H7Cl4N/c1-6(5-9(11,12)13)7-3-2-4-8(10)14-7/h2-4H,1,5H2. The zero-order valence-electron chi connectivity index (χ0n) is 7.11. The second kappa shape index (κ2) is 4.71. The molecule has 0 saturated heterocycles. The first kappa shape index (κ1) is 12.1. The first-order chi connectivity index (χ1) is 6.38. The first-order valence-corrected chi connectivity index (χ1v) is 5.27. The lowest BCUT2D eigenvalue weighted by Gasteiger charge is -2.12. The molecule has 1 nitrogen and oxygen atoms in total. The van der Waals surface area contributed by atoms with Crippen LogP contribution in [0.25, 0.3) is 5.57 Å². The Labute approximate surface area is 103 Å². The third-order valence-corrected chi connectivity index (χ3v) is 2.10. The minimum Gasteiger partial charge on any atom is -0.236 e. The molecule has 0 atom stereocenters. The predicted molar refractivity (Wildman–Crippen MR) is 63.2 cm³/mol. The number of halogens is 4.